The third kappa shape index (κ3) is 18.1. The van der Waals surface area contributed by atoms with Gasteiger partial charge in [0.2, 0.25) is 0 Å². The normalized spacial score (nSPS) is 11.5. The van der Waals surface area contributed by atoms with E-state index >= 15 is 0 Å². The molecule has 0 atom stereocenters. The van der Waals surface area contributed by atoms with Crippen LogP contribution in [0.25, 0.3) is 0 Å². The fourth-order valence-corrected chi connectivity index (χ4v) is 2.37. The molecular weight excluding hydrogens is 412 g/mol. The highest BCUT2D eigenvalue weighted by Gasteiger charge is 1.90. The van der Waals surface area contributed by atoms with Gasteiger partial charge in [0.25, 0.3) is 0 Å². The molecule has 0 N–H and O–H groups in total. The van der Waals surface area contributed by atoms with Crippen molar-refractivity contribution in [3.63, 3.8) is 0 Å². The van der Waals surface area contributed by atoms with Crippen LogP contribution in [0.5, 0.6) is 0 Å². The largest absolute Gasteiger partial charge is 0.264 e. The van der Waals surface area contributed by atoms with Crippen molar-refractivity contribution in [3.05, 3.63) is 108 Å². The highest BCUT2D eigenvalue weighted by atomic mass is 35.5. The van der Waals surface area contributed by atoms with E-state index in [9.17, 15) is 0 Å². The topological polar surface area (TPSA) is 25.2 Å². The van der Waals surface area contributed by atoms with Gasteiger partial charge in [-0.3, -0.25) is 9.98 Å². The smallest absolute Gasteiger partial charge is 0.0645 e. The molecule has 174 valence electrons. The molecule has 0 unspecified atom stereocenters. The van der Waals surface area contributed by atoms with Crippen molar-refractivity contribution in [2.75, 3.05) is 0 Å². The number of aromatic nitrogens is 1. The van der Waals surface area contributed by atoms with Crippen LogP contribution in [0.15, 0.2) is 102 Å². The van der Waals surface area contributed by atoms with Crippen molar-refractivity contribution in [3.8, 4) is 0 Å². The zero-order valence-corrected chi connectivity index (χ0v) is 21.7. The molecule has 0 bridgehead atoms. The first-order valence-corrected chi connectivity index (χ1v) is 11.6. The predicted octanol–water partition coefficient (Wildman–Crippen LogP) is 9.89. The maximum absolute atomic E-state index is 6.20. The summed E-state index contributed by atoms with van der Waals surface area (Å²) in [5.41, 5.74) is 4.12. The van der Waals surface area contributed by atoms with E-state index in [2.05, 4.69) is 48.6 Å². The van der Waals surface area contributed by atoms with Crippen LogP contribution in [0.1, 0.15) is 59.9 Å². The lowest BCUT2D eigenvalue weighted by molar-refractivity contribution is 1.15. The molecule has 32 heavy (non-hydrogen) atoms. The van der Waals surface area contributed by atoms with Gasteiger partial charge in [0.1, 0.15) is 0 Å². The Balaban J connectivity index is 0. The minimum atomic E-state index is 0.628. The van der Waals surface area contributed by atoms with Gasteiger partial charge in [0.15, 0.2) is 0 Å². The van der Waals surface area contributed by atoms with Gasteiger partial charge in [-0.25, -0.2) is 0 Å². The number of hydrogen-bond donors (Lipinski definition) is 0. The van der Waals surface area contributed by atoms with E-state index in [-0.39, 0.29) is 0 Å². The van der Waals surface area contributed by atoms with Crippen LogP contribution in [0, 0.1) is 6.92 Å². The third-order valence-electron chi connectivity index (χ3n) is 3.78. The first-order valence-electron chi connectivity index (χ1n) is 11.3. The molecule has 0 saturated heterocycles. The van der Waals surface area contributed by atoms with Gasteiger partial charge >= 0.3 is 0 Å². The van der Waals surface area contributed by atoms with Crippen LogP contribution in [-0.2, 0) is 0 Å². The maximum atomic E-state index is 6.20. The van der Waals surface area contributed by atoms with Crippen LogP contribution in [0.3, 0.4) is 0 Å². The van der Waals surface area contributed by atoms with E-state index in [0.717, 1.165) is 29.7 Å². The van der Waals surface area contributed by atoms with E-state index < -0.39 is 0 Å². The van der Waals surface area contributed by atoms with Gasteiger partial charge in [-0.2, -0.15) is 0 Å². The Bertz CT molecular complexity index is 842. The average molecular weight is 453 g/mol. The summed E-state index contributed by atoms with van der Waals surface area (Å²) < 4.78 is 0. The molecule has 1 aromatic rings. The van der Waals surface area contributed by atoms with Crippen LogP contribution < -0.4 is 0 Å². The number of nitrogens with zero attached hydrogens (tertiary/aromatic N) is 2. The average Bonchev–Trinajstić information content (AvgIpc) is 2.81. The molecule has 1 rings (SSSR count). The van der Waals surface area contributed by atoms with Crippen molar-refractivity contribution < 1.29 is 0 Å². The molecule has 0 aliphatic rings. The quantitative estimate of drug-likeness (QED) is 0.298. The number of hydrogen-bond acceptors (Lipinski definition) is 2. The lowest BCUT2D eigenvalue weighted by Crippen LogP contribution is -1.78. The van der Waals surface area contributed by atoms with E-state index in [0.29, 0.717) is 5.02 Å². The Morgan fingerprint density at radius 3 is 2.47 bits per heavy atom. The Morgan fingerprint density at radius 2 is 1.91 bits per heavy atom. The van der Waals surface area contributed by atoms with Crippen molar-refractivity contribution in [1.82, 2.24) is 4.98 Å². The van der Waals surface area contributed by atoms with Crippen molar-refractivity contribution in [1.29, 1.82) is 0 Å². The number of allylic oxidation sites excluding steroid dienone is 9. The Labute approximate surface area is 202 Å². The van der Waals surface area contributed by atoms with Crippen molar-refractivity contribution in [2.45, 2.75) is 61.3 Å². The fourth-order valence-electron chi connectivity index (χ4n) is 2.08. The molecule has 3 heteroatoms. The van der Waals surface area contributed by atoms with Gasteiger partial charge in [0, 0.05) is 23.6 Å². The first kappa shape index (κ1) is 31.5. The Morgan fingerprint density at radius 1 is 1.19 bits per heavy atom. The Kier molecular flexibility index (Phi) is 22.6. The van der Waals surface area contributed by atoms with Crippen LogP contribution >= 0.6 is 11.6 Å². The molecule has 0 saturated carbocycles. The molecule has 0 fully saturated rings. The summed E-state index contributed by atoms with van der Waals surface area (Å²) in [5.74, 6) is 0. The molecule has 0 aromatic carbocycles. The second-order valence-corrected chi connectivity index (χ2v) is 6.75. The number of halogens is 1. The van der Waals surface area contributed by atoms with Gasteiger partial charge in [0.05, 0.1) is 5.69 Å². The van der Waals surface area contributed by atoms with Gasteiger partial charge in [-0.05, 0) is 74.6 Å². The summed E-state index contributed by atoms with van der Waals surface area (Å²) in [6, 6.07) is 7.42. The maximum Gasteiger partial charge on any atom is 0.0645 e. The monoisotopic (exact) mass is 452 g/mol. The highest BCUT2D eigenvalue weighted by molar-refractivity contribution is 6.30. The fraction of sp³-hybridized carbons (Fsp3) is 0.310. The lowest BCUT2D eigenvalue weighted by atomic mass is 10.2. The molecule has 0 amide bonds. The number of aliphatic imine (C=N–C) groups is 1. The standard InChI is InChI=1S/C18H21ClN2.C9H14.C2H6/c1-4-6-8-16(5-2)14-21-18-9-7-10-20-13-15(3)11-17(19)12-18;1-4-7-8-9(5-2)6-3;1-2/h5-14H,4H2,1-3H3;4-5,7-8H,2,6H2,1,3H3;1-2H3/b8-6-,9-7?,10-7?,15-11?,15-13?,16-5+,17-11?,17-12?,18-9?,18-12?,20-10?,20-13?,21-14?;7-4-,9-8+;. The van der Waals surface area contributed by atoms with Crippen LogP contribution in [0.2, 0.25) is 5.02 Å². The lowest BCUT2D eigenvalue weighted by Gasteiger charge is -1.94. The van der Waals surface area contributed by atoms with E-state index in [1.807, 2.05) is 89.4 Å². The molecule has 1 aromatic heterocycles. The second-order valence-electron chi connectivity index (χ2n) is 6.31. The molecule has 1 heterocycles. The van der Waals surface area contributed by atoms with Crippen LogP contribution in [-0.4, -0.2) is 11.2 Å². The van der Waals surface area contributed by atoms with Gasteiger partial charge < -0.3 is 0 Å². The predicted molar refractivity (Wildman–Crippen MR) is 148 cm³/mol. The third-order valence-corrected chi connectivity index (χ3v) is 4.00. The van der Waals surface area contributed by atoms with E-state index in [4.69, 9.17) is 11.6 Å². The minimum Gasteiger partial charge on any atom is -0.264 e. The summed E-state index contributed by atoms with van der Waals surface area (Å²) in [7, 11) is 0. The Hall–Kier alpha value is -2.71. The highest BCUT2D eigenvalue weighted by Crippen LogP contribution is 2.15. The summed E-state index contributed by atoms with van der Waals surface area (Å²) in [5, 5.41) is 0.628. The summed E-state index contributed by atoms with van der Waals surface area (Å²) in [4.78, 5) is 8.64. The molecule has 0 aliphatic carbocycles. The SMILES string of the molecule is C/C=C(C=Nc1cccncc(C)cc(Cl)c1)\C=C/CC.C=C/C(=C\C=C/C)CC.CC. The molecule has 0 aliphatic heterocycles. The number of rotatable bonds is 7. The summed E-state index contributed by atoms with van der Waals surface area (Å²) >= 11 is 6.20. The first-order chi connectivity index (χ1) is 15.5. The zero-order valence-electron chi connectivity index (χ0n) is 21.0. The van der Waals surface area contributed by atoms with E-state index in [1.165, 1.54) is 5.57 Å². The number of aryl methyl sites for hydroxylation is 1. The zero-order chi connectivity index (χ0) is 24.6. The molecule has 0 spiro atoms. The second kappa shape index (κ2) is 23.0. The van der Waals surface area contributed by atoms with E-state index in [1.54, 1.807) is 12.4 Å². The molecule has 0 radical (unpaired) electrons. The summed E-state index contributed by atoms with van der Waals surface area (Å²) in [6.07, 6.45) is 21.6. The van der Waals surface area contributed by atoms with Gasteiger partial charge in [-0.15, -0.1) is 0 Å². The van der Waals surface area contributed by atoms with Crippen LogP contribution in [0.4, 0.5) is 5.69 Å². The van der Waals surface area contributed by atoms with Crippen molar-refractivity contribution >= 4 is 23.5 Å². The minimum absolute atomic E-state index is 0.628. The van der Waals surface area contributed by atoms with Gasteiger partial charge in [-0.1, -0.05) is 88.4 Å². The molecule has 2 nitrogen and oxygen atoms in total. The van der Waals surface area contributed by atoms with Crippen molar-refractivity contribution in [2.24, 2.45) is 4.99 Å². The molecular formula is C29H41ClN2. The summed E-state index contributed by atoms with van der Waals surface area (Å²) in [6.45, 7) is 17.9.